The molecule has 0 unspecified atom stereocenters. The second-order valence-electron chi connectivity index (χ2n) is 5.28. The van der Waals surface area contributed by atoms with Gasteiger partial charge in [-0.05, 0) is 24.6 Å². The molecule has 1 heterocycles. The van der Waals surface area contributed by atoms with E-state index in [1.54, 1.807) is 0 Å². The van der Waals surface area contributed by atoms with Crippen LogP contribution in [0.25, 0.3) is 0 Å². The fraction of sp³-hybridized carbons (Fsp3) is 0.533. The van der Waals surface area contributed by atoms with Crippen molar-refractivity contribution in [2.45, 2.75) is 31.0 Å². The Morgan fingerprint density at radius 3 is 2.12 bits per heavy atom. The topological polar surface area (TPSA) is 44.8 Å². The summed E-state index contributed by atoms with van der Waals surface area (Å²) in [4.78, 5) is 11.7. The fourth-order valence-electron chi connectivity index (χ4n) is 2.71. The second-order valence-corrected chi connectivity index (χ2v) is 5.28. The van der Waals surface area contributed by atoms with E-state index in [0.717, 1.165) is 12.1 Å². The van der Waals surface area contributed by atoms with Gasteiger partial charge in [-0.3, -0.25) is 0 Å². The average molecular weight is 372 g/mol. The summed E-state index contributed by atoms with van der Waals surface area (Å²) in [5, 5.41) is 0. The number of carbonyl (C=O) groups is 1. The van der Waals surface area contributed by atoms with Gasteiger partial charge in [0.05, 0.1) is 19.8 Å². The predicted octanol–water partition coefficient (Wildman–Crippen LogP) is 3.81. The molecule has 0 saturated carbocycles. The van der Waals surface area contributed by atoms with E-state index in [0.29, 0.717) is 5.75 Å². The number of esters is 1. The lowest BCUT2D eigenvalue weighted by molar-refractivity contribution is -0.421. The maximum Gasteiger partial charge on any atom is 0.429 e. The molecule has 1 saturated heterocycles. The maximum absolute atomic E-state index is 13.4. The molecule has 1 aliphatic rings. The summed E-state index contributed by atoms with van der Waals surface area (Å²) in [7, 11) is 1.32. The Balaban J connectivity index is 2.47. The summed E-state index contributed by atoms with van der Waals surface area (Å²) in [6.07, 6.45) is -12.9. The molecule has 1 aliphatic heterocycles. The van der Waals surface area contributed by atoms with E-state index >= 15 is 0 Å². The van der Waals surface area contributed by atoms with Gasteiger partial charge < -0.3 is 14.2 Å². The van der Waals surface area contributed by atoms with Crippen LogP contribution in [0.4, 0.5) is 26.3 Å². The Morgan fingerprint density at radius 1 is 1.16 bits per heavy atom. The van der Waals surface area contributed by atoms with Crippen LogP contribution in [0.5, 0.6) is 5.75 Å². The standard InChI is InChI=1S/C15H14F6O4/c1-3-24-12(22)13(15(19,20)21)11(14(16,17)18)10(25-13)8-4-6-9(23-2)7-5-8/h4-7,10-11H,3H2,1-2H3/t10-,11+,13+/m0/s1. The van der Waals surface area contributed by atoms with Crippen LogP contribution in [-0.2, 0) is 14.3 Å². The zero-order chi connectivity index (χ0) is 19.0. The van der Waals surface area contributed by atoms with Crippen molar-refractivity contribution in [2.75, 3.05) is 13.7 Å². The summed E-state index contributed by atoms with van der Waals surface area (Å²) in [5.41, 5.74) is -4.24. The van der Waals surface area contributed by atoms with Crippen molar-refractivity contribution < 1.29 is 45.3 Å². The SMILES string of the molecule is CCOC(=O)[C@]1(C(F)(F)F)O[C@@H](c2ccc(OC)cc2)[C@H]1C(F)(F)F. The van der Waals surface area contributed by atoms with Gasteiger partial charge in [-0.1, -0.05) is 12.1 Å². The molecule has 0 bridgehead atoms. The molecule has 3 atom stereocenters. The molecule has 0 aliphatic carbocycles. The minimum Gasteiger partial charge on any atom is -0.497 e. The first-order valence-electron chi connectivity index (χ1n) is 7.11. The Morgan fingerprint density at radius 2 is 1.72 bits per heavy atom. The first-order chi connectivity index (χ1) is 11.5. The summed E-state index contributed by atoms with van der Waals surface area (Å²) in [6, 6.07) is 4.86. The number of hydrogen-bond acceptors (Lipinski definition) is 4. The van der Waals surface area contributed by atoms with Crippen LogP contribution >= 0.6 is 0 Å². The van der Waals surface area contributed by atoms with Gasteiger partial charge in [-0.2, -0.15) is 26.3 Å². The predicted molar refractivity (Wildman–Crippen MR) is 71.8 cm³/mol. The number of ether oxygens (including phenoxy) is 3. The lowest BCUT2D eigenvalue weighted by atomic mass is 9.73. The zero-order valence-electron chi connectivity index (χ0n) is 13.1. The molecule has 0 N–H and O–H groups in total. The number of benzene rings is 1. The molecule has 0 aromatic heterocycles. The van der Waals surface area contributed by atoms with Crippen molar-refractivity contribution in [2.24, 2.45) is 5.92 Å². The highest BCUT2D eigenvalue weighted by Crippen LogP contribution is 2.62. The molecule has 1 fully saturated rings. The minimum absolute atomic E-state index is 0.160. The molecule has 1 aromatic carbocycles. The van der Waals surface area contributed by atoms with Gasteiger partial charge in [0.25, 0.3) is 5.60 Å². The molecule has 2 rings (SSSR count). The van der Waals surface area contributed by atoms with Crippen LogP contribution in [0.3, 0.4) is 0 Å². The highest BCUT2D eigenvalue weighted by molar-refractivity contribution is 5.83. The normalized spacial score (nSPS) is 26.7. The van der Waals surface area contributed by atoms with Gasteiger partial charge in [0.1, 0.15) is 11.7 Å². The van der Waals surface area contributed by atoms with E-state index in [1.807, 2.05) is 0 Å². The zero-order valence-corrected chi connectivity index (χ0v) is 13.1. The van der Waals surface area contributed by atoms with Crippen LogP contribution in [0.2, 0.25) is 0 Å². The van der Waals surface area contributed by atoms with Crippen molar-refractivity contribution in [1.29, 1.82) is 0 Å². The number of methoxy groups -OCH3 is 1. The third kappa shape index (κ3) is 3.14. The van der Waals surface area contributed by atoms with Gasteiger partial charge in [-0.15, -0.1) is 0 Å². The van der Waals surface area contributed by atoms with E-state index in [1.165, 1.54) is 26.2 Å². The summed E-state index contributed by atoms with van der Waals surface area (Å²) in [5.74, 6) is -4.92. The second kappa shape index (κ2) is 6.40. The van der Waals surface area contributed by atoms with Crippen LogP contribution in [-0.4, -0.2) is 37.6 Å². The number of hydrogen-bond donors (Lipinski definition) is 0. The van der Waals surface area contributed by atoms with Crippen LogP contribution in [0.1, 0.15) is 18.6 Å². The monoisotopic (exact) mass is 372 g/mol. The Bertz CT molecular complexity index is 624. The van der Waals surface area contributed by atoms with E-state index in [9.17, 15) is 31.1 Å². The number of alkyl halides is 6. The summed E-state index contributed by atoms with van der Waals surface area (Å²) in [6.45, 7) is 0.669. The Labute approximate surface area is 138 Å². The smallest absolute Gasteiger partial charge is 0.429 e. The maximum atomic E-state index is 13.4. The van der Waals surface area contributed by atoms with Crippen LogP contribution in [0.15, 0.2) is 24.3 Å². The molecule has 140 valence electrons. The van der Waals surface area contributed by atoms with Gasteiger partial charge in [0, 0.05) is 0 Å². The van der Waals surface area contributed by atoms with Crippen LogP contribution in [0, 0.1) is 5.92 Å². The highest BCUT2D eigenvalue weighted by atomic mass is 19.4. The molecular weight excluding hydrogens is 358 g/mol. The quantitative estimate of drug-likeness (QED) is 0.596. The van der Waals surface area contributed by atoms with Gasteiger partial charge >= 0.3 is 18.3 Å². The molecule has 1 aromatic rings. The average Bonchev–Trinajstić information content (AvgIpc) is 2.44. The largest absolute Gasteiger partial charge is 0.497 e. The molecule has 0 spiro atoms. The molecule has 10 heteroatoms. The minimum atomic E-state index is -5.59. The Hall–Kier alpha value is -1.97. The molecule has 0 amide bonds. The molecular formula is C15H14F6O4. The van der Waals surface area contributed by atoms with Gasteiger partial charge in [0.2, 0.25) is 0 Å². The lowest BCUT2D eigenvalue weighted by Crippen LogP contribution is -2.72. The van der Waals surface area contributed by atoms with E-state index in [4.69, 9.17) is 4.74 Å². The number of halogens is 6. The van der Waals surface area contributed by atoms with E-state index in [2.05, 4.69) is 9.47 Å². The van der Waals surface area contributed by atoms with E-state index in [-0.39, 0.29) is 5.56 Å². The van der Waals surface area contributed by atoms with E-state index < -0.39 is 42.6 Å². The van der Waals surface area contributed by atoms with Crippen LogP contribution < -0.4 is 4.74 Å². The van der Waals surface area contributed by atoms with Crippen molar-refractivity contribution in [3.8, 4) is 5.75 Å². The van der Waals surface area contributed by atoms with Crippen molar-refractivity contribution >= 4 is 5.97 Å². The Kier molecular flexibility index (Phi) is 4.95. The molecule has 25 heavy (non-hydrogen) atoms. The number of carbonyl (C=O) groups excluding carboxylic acids is 1. The summed E-state index contributed by atoms with van der Waals surface area (Å²) >= 11 is 0. The van der Waals surface area contributed by atoms with Crippen molar-refractivity contribution in [3.63, 3.8) is 0 Å². The fourth-order valence-corrected chi connectivity index (χ4v) is 2.71. The first-order valence-corrected chi connectivity index (χ1v) is 7.11. The van der Waals surface area contributed by atoms with Crippen molar-refractivity contribution in [3.05, 3.63) is 29.8 Å². The van der Waals surface area contributed by atoms with Gasteiger partial charge in [0.15, 0.2) is 0 Å². The first kappa shape index (κ1) is 19.4. The summed E-state index contributed by atoms with van der Waals surface area (Å²) < 4.78 is 93.9. The van der Waals surface area contributed by atoms with Gasteiger partial charge in [-0.25, -0.2) is 4.79 Å². The van der Waals surface area contributed by atoms with Crippen molar-refractivity contribution in [1.82, 2.24) is 0 Å². The third-order valence-corrected chi connectivity index (χ3v) is 3.85. The molecule has 4 nitrogen and oxygen atoms in total. The lowest BCUT2D eigenvalue weighted by Gasteiger charge is -2.53. The highest BCUT2D eigenvalue weighted by Gasteiger charge is 2.82. The third-order valence-electron chi connectivity index (χ3n) is 3.85. The molecule has 0 radical (unpaired) electrons. The number of rotatable bonds is 4.